The van der Waals surface area contributed by atoms with E-state index in [1.165, 1.54) is 6.92 Å². The number of rotatable bonds is 5. The first-order valence-electron chi connectivity index (χ1n) is 5.12. The maximum atomic E-state index is 12.8. The molecule has 100 valence electrons. The summed E-state index contributed by atoms with van der Waals surface area (Å²) in [5.74, 6) is -0.861. The van der Waals surface area contributed by atoms with Gasteiger partial charge in [0.25, 0.3) is 0 Å². The zero-order valence-electron chi connectivity index (χ0n) is 9.73. The van der Waals surface area contributed by atoms with Crippen molar-refractivity contribution in [1.82, 2.24) is 10.0 Å². The summed E-state index contributed by atoms with van der Waals surface area (Å²) in [5, 5.41) is 2.44. The molecule has 0 atom stereocenters. The van der Waals surface area contributed by atoms with E-state index >= 15 is 0 Å². The standard InChI is InChI=1S/C10H14FN3O3S/c1-7(15)13-4-5-14-18(16,17)10-3-2-8(11)6-9(10)12/h2-3,6,14H,4-5,12H2,1H3,(H,13,15). The summed E-state index contributed by atoms with van der Waals surface area (Å²) < 4.78 is 38.6. The van der Waals surface area contributed by atoms with Gasteiger partial charge in [0.2, 0.25) is 15.9 Å². The minimum atomic E-state index is -3.80. The molecule has 6 nitrogen and oxygen atoms in total. The van der Waals surface area contributed by atoms with E-state index in [0.717, 1.165) is 18.2 Å². The van der Waals surface area contributed by atoms with E-state index in [2.05, 4.69) is 10.0 Å². The quantitative estimate of drug-likeness (QED) is 0.512. The molecule has 4 N–H and O–H groups in total. The van der Waals surface area contributed by atoms with Crippen LogP contribution in [0.5, 0.6) is 0 Å². The summed E-state index contributed by atoms with van der Waals surface area (Å²) in [6.07, 6.45) is 0. The average Bonchev–Trinajstić information content (AvgIpc) is 2.23. The lowest BCUT2D eigenvalue weighted by Gasteiger charge is -2.09. The summed E-state index contributed by atoms with van der Waals surface area (Å²) in [5.41, 5.74) is 5.27. The van der Waals surface area contributed by atoms with Crippen molar-refractivity contribution in [3.05, 3.63) is 24.0 Å². The van der Waals surface area contributed by atoms with E-state index < -0.39 is 15.8 Å². The number of nitrogens with one attached hydrogen (secondary N) is 2. The Labute approximate surface area is 104 Å². The number of carbonyl (C=O) groups excluding carboxylic acids is 1. The summed E-state index contributed by atoms with van der Waals surface area (Å²) in [7, 11) is -3.80. The van der Waals surface area contributed by atoms with Crippen LogP contribution < -0.4 is 15.8 Å². The van der Waals surface area contributed by atoms with Crippen molar-refractivity contribution in [3.63, 3.8) is 0 Å². The van der Waals surface area contributed by atoms with Gasteiger partial charge in [0.1, 0.15) is 10.7 Å². The van der Waals surface area contributed by atoms with Crippen LogP contribution in [0.4, 0.5) is 10.1 Å². The van der Waals surface area contributed by atoms with Gasteiger partial charge in [-0.3, -0.25) is 4.79 Å². The number of hydrogen-bond acceptors (Lipinski definition) is 4. The highest BCUT2D eigenvalue weighted by molar-refractivity contribution is 7.89. The molecule has 8 heteroatoms. The molecule has 1 rings (SSSR count). The molecule has 1 aromatic carbocycles. The van der Waals surface area contributed by atoms with E-state index in [1.54, 1.807) is 0 Å². The number of halogens is 1. The molecule has 0 saturated carbocycles. The van der Waals surface area contributed by atoms with Crippen LogP contribution in [0.1, 0.15) is 6.92 Å². The highest BCUT2D eigenvalue weighted by atomic mass is 32.2. The second-order valence-electron chi connectivity index (χ2n) is 3.56. The average molecular weight is 275 g/mol. The third-order valence-electron chi connectivity index (χ3n) is 2.05. The molecule has 0 radical (unpaired) electrons. The first-order chi connectivity index (χ1) is 8.33. The van der Waals surface area contributed by atoms with Crippen LogP contribution in [0.2, 0.25) is 0 Å². The molecule has 1 amide bonds. The molecule has 1 aromatic rings. The lowest BCUT2D eigenvalue weighted by molar-refractivity contribution is -0.118. The van der Waals surface area contributed by atoms with E-state index in [9.17, 15) is 17.6 Å². The second kappa shape index (κ2) is 5.78. The van der Waals surface area contributed by atoms with Gasteiger partial charge in [-0.1, -0.05) is 0 Å². The Kier molecular flexibility index (Phi) is 4.62. The third kappa shape index (κ3) is 3.97. The van der Waals surface area contributed by atoms with Crippen molar-refractivity contribution in [2.75, 3.05) is 18.8 Å². The van der Waals surface area contributed by atoms with Crippen molar-refractivity contribution in [2.45, 2.75) is 11.8 Å². The smallest absolute Gasteiger partial charge is 0.242 e. The van der Waals surface area contributed by atoms with E-state index in [0.29, 0.717) is 0 Å². The molecule has 0 aromatic heterocycles. The summed E-state index contributed by atoms with van der Waals surface area (Å²) in [6.45, 7) is 1.51. The summed E-state index contributed by atoms with van der Waals surface area (Å²) >= 11 is 0. The largest absolute Gasteiger partial charge is 0.398 e. The molecule has 0 heterocycles. The zero-order valence-corrected chi connectivity index (χ0v) is 10.6. The highest BCUT2D eigenvalue weighted by Crippen LogP contribution is 2.18. The number of hydrogen-bond donors (Lipinski definition) is 3. The molecule has 0 aliphatic carbocycles. The van der Waals surface area contributed by atoms with Gasteiger partial charge >= 0.3 is 0 Å². The molecular formula is C10H14FN3O3S. The number of nitrogens with two attached hydrogens (primary N) is 1. The van der Waals surface area contributed by atoms with E-state index in [1.807, 2.05) is 0 Å². The molecule has 0 aliphatic rings. The topological polar surface area (TPSA) is 101 Å². The second-order valence-corrected chi connectivity index (χ2v) is 5.30. The lowest BCUT2D eigenvalue weighted by Crippen LogP contribution is -2.33. The summed E-state index contributed by atoms with van der Waals surface area (Å²) in [6, 6.07) is 3.03. The molecule has 0 saturated heterocycles. The fourth-order valence-corrected chi connectivity index (χ4v) is 2.41. The first-order valence-corrected chi connectivity index (χ1v) is 6.60. The molecular weight excluding hydrogens is 261 g/mol. The van der Waals surface area contributed by atoms with Crippen LogP contribution in [0.3, 0.4) is 0 Å². The Morgan fingerprint density at radius 3 is 2.61 bits per heavy atom. The van der Waals surface area contributed by atoms with Crippen molar-refractivity contribution in [3.8, 4) is 0 Å². The monoisotopic (exact) mass is 275 g/mol. The first kappa shape index (κ1) is 14.4. The van der Waals surface area contributed by atoms with Gasteiger partial charge in [-0.25, -0.2) is 17.5 Å². The van der Waals surface area contributed by atoms with Crippen molar-refractivity contribution < 1.29 is 17.6 Å². The molecule has 0 fully saturated rings. The maximum Gasteiger partial charge on any atom is 0.242 e. The van der Waals surface area contributed by atoms with Crippen LogP contribution in [0, 0.1) is 5.82 Å². The molecule has 0 unspecified atom stereocenters. The number of anilines is 1. The normalized spacial score (nSPS) is 11.2. The van der Waals surface area contributed by atoms with Crippen LogP contribution in [0.15, 0.2) is 23.1 Å². The number of nitrogen functional groups attached to an aromatic ring is 1. The van der Waals surface area contributed by atoms with Gasteiger partial charge in [0.15, 0.2) is 0 Å². The van der Waals surface area contributed by atoms with Crippen molar-refractivity contribution >= 4 is 21.6 Å². The number of carbonyl (C=O) groups is 1. The number of benzene rings is 1. The fourth-order valence-electron chi connectivity index (χ4n) is 1.27. The van der Waals surface area contributed by atoms with E-state index in [4.69, 9.17) is 5.73 Å². The van der Waals surface area contributed by atoms with E-state index in [-0.39, 0.29) is 29.6 Å². The van der Waals surface area contributed by atoms with Gasteiger partial charge < -0.3 is 11.1 Å². The molecule has 0 spiro atoms. The number of amides is 1. The Hall–Kier alpha value is -1.67. The van der Waals surface area contributed by atoms with Gasteiger partial charge in [-0.2, -0.15) is 0 Å². The Morgan fingerprint density at radius 2 is 2.06 bits per heavy atom. The van der Waals surface area contributed by atoms with Crippen LogP contribution in [0.25, 0.3) is 0 Å². The van der Waals surface area contributed by atoms with Crippen LogP contribution >= 0.6 is 0 Å². The fraction of sp³-hybridized carbons (Fsp3) is 0.300. The van der Waals surface area contributed by atoms with Gasteiger partial charge in [-0.05, 0) is 18.2 Å². The Balaban J connectivity index is 2.71. The summed E-state index contributed by atoms with van der Waals surface area (Å²) in [4.78, 5) is 10.4. The lowest BCUT2D eigenvalue weighted by atomic mass is 10.3. The third-order valence-corrected chi connectivity index (χ3v) is 3.59. The minimum absolute atomic E-state index is 0.0265. The van der Waals surface area contributed by atoms with Crippen molar-refractivity contribution in [2.24, 2.45) is 0 Å². The zero-order chi connectivity index (χ0) is 13.8. The van der Waals surface area contributed by atoms with Crippen molar-refractivity contribution in [1.29, 1.82) is 0 Å². The molecule has 18 heavy (non-hydrogen) atoms. The van der Waals surface area contributed by atoms with Crippen LogP contribution in [-0.2, 0) is 14.8 Å². The predicted molar refractivity (Wildman–Crippen MR) is 64.7 cm³/mol. The highest BCUT2D eigenvalue weighted by Gasteiger charge is 2.17. The predicted octanol–water partition coefficient (Wildman–Crippen LogP) is -0.178. The molecule has 0 aliphatic heterocycles. The SMILES string of the molecule is CC(=O)NCCNS(=O)(=O)c1ccc(F)cc1N. The number of sulfonamides is 1. The Morgan fingerprint density at radius 1 is 1.39 bits per heavy atom. The maximum absolute atomic E-state index is 12.8. The van der Waals surface area contributed by atoms with Crippen LogP contribution in [-0.4, -0.2) is 27.4 Å². The Bertz CT molecular complexity index is 545. The van der Waals surface area contributed by atoms with Gasteiger partial charge in [0, 0.05) is 20.0 Å². The van der Waals surface area contributed by atoms with Gasteiger partial charge in [0.05, 0.1) is 5.69 Å². The van der Waals surface area contributed by atoms with Gasteiger partial charge in [-0.15, -0.1) is 0 Å². The molecule has 0 bridgehead atoms. The minimum Gasteiger partial charge on any atom is -0.398 e.